The van der Waals surface area contributed by atoms with E-state index in [1.807, 2.05) is 6.20 Å². The van der Waals surface area contributed by atoms with Gasteiger partial charge in [0.05, 0.1) is 38.5 Å². The highest BCUT2D eigenvalue weighted by Gasteiger charge is 2.58. The number of non-ortho nitro benzene ring substituents is 1. The Balaban J connectivity index is 1.36. The van der Waals surface area contributed by atoms with Crippen LogP contribution in [0.1, 0.15) is 29.9 Å². The number of aliphatic hydroxyl groups excluding tert-OH is 1. The summed E-state index contributed by atoms with van der Waals surface area (Å²) in [6.45, 7) is 2.34. The highest BCUT2D eigenvalue weighted by atomic mass is 32.2. The second kappa shape index (κ2) is 8.50. The van der Waals surface area contributed by atoms with E-state index in [1.54, 1.807) is 13.3 Å². The third kappa shape index (κ3) is 3.81. The highest BCUT2D eigenvalue weighted by Crippen LogP contribution is 2.57. The molecule has 3 aliphatic rings. The molecule has 4 atom stereocenters. The number of aryl methyl sites for hydroxylation is 1. The number of hydrogen-bond acceptors (Lipinski definition) is 9. The van der Waals surface area contributed by atoms with Crippen molar-refractivity contribution in [3.05, 3.63) is 68.1 Å². The Kier molecular flexibility index (Phi) is 5.67. The van der Waals surface area contributed by atoms with Gasteiger partial charge in [0.15, 0.2) is 5.70 Å². The van der Waals surface area contributed by atoms with Crippen LogP contribution >= 0.6 is 23.5 Å². The van der Waals surface area contributed by atoms with E-state index in [1.165, 1.54) is 52.7 Å². The van der Waals surface area contributed by atoms with Crippen LogP contribution in [0, 0.1) is 16.0 Å². The number of nitro benzene ring substituents is 1. The van der Waals surface area contributed by atoms with Crippen LogP contribution in [-0.4, -0.2) is 47.8 Å². The maximum absolute atomic E-state index is 13.1. The molecule has 1 aromatic carbocycles. The monoisotopic (exact) mass is 488 g/mol. The summed E-state index contributed by atoms with van der Waals surface area (Å²) in [5.74, 6) is -1.49. The summed E-state index contributed by atoms with van der Waals surface area (Å²) < 4.78 is 8.26. The number of thioether (sulfide) groups is 2. The van der Waals surface area contributed by atoms with Crippen molar-refractivity contribution in [2.45, 2.75) is 43.2 Å². The number of amides is 1. The van der Waals surface area contributed by atoms with Crippen LogP contribution in [0.25, 0.3) is 0 Å². The van der Waals surface area contributed by atoms with Gasteiger partial charge in [0.1, 0.15) is 12.0 Å². The molecule has 33 heavy (non-hydrogen) atoms. The zero-order chi connectivity index (χ0) is 23.3. The van der Waals surface area contributed by atoms with Gasteiger partial charge >= 0.3 is 5.97 Å². The minimum atomic E-state index is -0.819. The van der Waals surface area contributed by atoms with Crippen molar-refractivity contribution in [2.24, 2.45) is 5.92 Å². The highest BCUT2D eigenvalue weighted by molar-refractivity contribution is 8.22. The lowest BCUT2D eigenvalue weighted by atomic mass is 9.92. The van der Waals surface area contributed by atoms with Crippen molar-refractivity contribution in [1.82, 2.24) is 14.5 Å². The molecule has 0 bridgehead atoms. The van der Waals surface area contributed by atoms with Gasteiger partial charge in [-0.3, -0.25) is 19.8 Å². The van der Waals surface area contributed by atoms with Crippen molar-refractivity contribution >= 4 is 41.1 Å². The number of aliphatic hydroxyl groups is 1. The first kappa shape index (κ1) is 22.0. The van der Waals surface area contributed by atoms with Crippen molar-refractivity contribution in [3.63, 3.8) is 0 Å². The van der Waals surface area contributed by atoms with Crippen molar-refractivity contribution < 1.29 is 24.4 Å². The number of fused-ring (bicyclic) bond motifs is 2. The third-order valence-electron chi connectivity index (χ3n) is 5.93. The number of esters is 1. The number of β-lactam (4-membered cyclic amide) rings is 1. The third-order valence-corrected chi connectivity index (χ3v) is 8.83. The molecule has 2 aromatic rings. The summed E-state index contributed by atoms with van der Waals surface area (Å²) in [7, 11) is 0. The van der Waals surface area contributed by atoms with Gasteiger partial charge in [-0.15, -0.1) is 11.8 Å². The number of ether oxygens (including phenoxy) is 1. The molecule has 1 aromatic heterocycles. The molecule has 0 saturated carbocycles. The van der Waals surface area contributed by atoms with E-state index in [0.717, 1.165) is 18.7 Å². The fraction of sp³-hybridized carbons (Fsp3) is 0.381. The number of aromatic nitrogens is 2. The molecule has 3 aliphatic heterocycles. The van der Waals surface area contributed by atoms with Gasteiger partial charge in [0.25, 0.3) is 5.69 Å². The Morgan fingerprint density at radius 2 is 2.18 bits per heavy atom. The number of imidazole rings is 1. The summed E-state index contributed by atoms with van der Waals surface area (Å²) in [6.07, 6.45) is 3.67. The summed E-state index contributed by atoms with van der Waals surface area (Å²) in [4.78, 5) is 41.8. The van der Waals surface area contributed by atoms with Crippen molar-refractivity contribution in [3.8, 4) is 0 Å². The summed E-state index contributed by atoms with van der Waals surface area (Å²) in [5.41, 5.74) is 1.83. The largest absolute Gasteiger partial charge is 0.456 e. The minimum Gasteiger partial charge on any atom is -0.456 e. The number of carbonyl (C=O) groups excluding carboxylic acids is 2. The Morgan fingerprint density at radius 3 is 2.88 bits per heavy atom. The van der Waals surface area contributed by atoms with Crippen molar-refractivity contribution in [1.29, 1.82) is 0 Å². The number of nitrogens with zero attached hydrogens (tertiary/aromatic N) is 4. The van der Waals surface area contributed by atoms with Crippen LogP contribution in [0.2, 0.25) is 0 Å². The summed E-state index contributed by atoms with van der Waals surface area (Å²) >= 11 is 2.93. The van der Waals surface area contributed by atoms with Gasteiger partial charge in [-0.2, -0.15) is 0 Å². The number of nitro groups is 1. The van der Waals surface area contributed by atoms with Gasteiger partial charge in [0.2, 0.25) is 5.91 Å². The molecule has 172 valence electrons. The van der Waals surface area contributed by atoms with Crippen LogP contribution in [0.5, 0.6) is 0 Å². The molecule has 4 heterocycles. The normalized spacial score (nSPS) is 24.4. The predicted molar refractivity (Wildman–Crippen MR) is 120 cm³/mol. The van der Waals surface area contributed by atoms with E-state index < -0.39 is 22.9 Å². The molecule has 12 heteroatoms. The Labute approximate surface area is 197 Å². The molecule has 1 saturated heterocycles. The predicted octanol–water partition coefficient (Wildman–Crippen LogP) is 2.79. The van der Waals surface area contributed by atoms with Crippen LogP contribution in [0.15, 0.2) is 46.7 Å². The first-order chi connectivity index (χ1) is 15.8. The Morgan fingerprint density at radius 1 is 1.42 bits per heavy atom. The lowest BCUT2D eigenvalue weighted by molar-refractivity contribution is -0.384. The molecule has 1 amide bonds. The molecule has 0 radical (unpaired) electrons. The zero-order valence-corrected chi connectivity index (χ0v) is 19.1. The quantitative estimate of drug-likeness (QED) is 0.271. The van der Waals surface area contributed by atoms with E-state index >= 15 is 0 Å². The van der Waals surface area contributed by atoms with E-state index in [9.17, 15) is 24.8 Å². The van der Waals surface area contributed by atoms with Gasteiger partial charge in [-0.25, -0.2) is 9.78 Å². The molecule has 5 rings (SSSR count). The van der Waals surface area contributed by atoms with E-state index in [4.69, 9.17) is 4.74 Å². The molecule has 1 N–H and O–H groups in total. The van der Waals surface area contributed by atoms with E-state index in [-0.39, 0.29) is 34.5 Å². The van der Waals surface area contributed by atoms with Crippen LogP contribution in [-0.2, 0) is 27.5 Å². The maximum atomic E-state index is 13.1. The molecular formula is C21H20N4O6S2. The molecule has 0 spiro atoms. The molecule has 2 unspecified atom stereocenters. The smallest absolute Gasteiger partial charge is 0.357 e. The SMILES string of the molecule is CC(O)[C@H]1C(=O)N2C(C(=O)OCc3ccc([N+](=O)[O-])cc3)=C(SC3CCn4cncc43)S[C@@H]12. The van der Waals surface area contributed by atoms with E-state index in [2.05, 4.69) is 9.55 Å². The first-order valence-electron chi connectivity index (χ1n) is 10.3. The summed E-state index contributed by atoms with van der Waals surface area (Å²) in [5, 5.41) is 20.6. The average molecular weight is 489 g/mol. The lowest BCUT2D eigenvalue weighted by Crippen LogP contribution is -2.60. The van der Waals surface area contributed by atoms with Crippen LogP contribution < -0.4 is 0 Å². The Hall–Kier alpha value is -2.83. The molecular weight excluding hydrogens is 468 g/mol. The lowest BCUT2D eigenvalue weighted by Gasteiger charge is -2.43. The Bertz CT molecular complexity index is 1160. The van der Waals surface area contributed by atoms with Gasteiger partial charge < -0.3 is 14.4 Å². The topological polar surface area (TPSA) is 128 Å². The number of benzene rings is 1. The summed E-state index contributed by atoms with van der Waals surface area (Å²) in [6, 6.07) is 5.75. The zero-order valence-electron chi connectivity index (χ0n) is 17.5. The maximum Gasteiger partial charge on any atom is 0.357 e. The first-order valence-corrected chi connectivity index (χ1v) is 12.1. The second-order valence-electron chi connectivity index (χ2n) is 8.03. The van der Waals surface area contributed by atoms with Gasteiger partial charge in [-0.1, -0.05) is 11.8 Å². The average Bonchev–Trinajstić information content (AvgIpc) is 3.47. The molecule has 1 fully saturated rings. The molecule has 0 aliphatic carbocycles. The minimum absolute atomic E-state index is 0.0485. The van der Waals surface area contributed by atoms with Crippen LogP contribution in [0.3, 0.4) is 0 Å². The number of carbonyl (C=O) groups is 2. The fourth-order valence-corrected chi connectivity index (χ4v) is 7.47. The van der Waals surface area contributed by atoms with Crippen molar-refractivity contribution in [2.75, 3.05) is 0 Å². The second-order valence-corrected chi connectivity index (χ2v) is 10.6. The van der Waals surface area contributed by atoms with Gasteiger partial charge in [-0.05, 0) is 31.0 Å². The molecule has 10 nitrogen and oxygen atoms in total. The fourth-order valence-electron chi connectivity index (χ4n) is 4.19. The number of hydrogen-bond donors (Lipinski definition) is 1. The standard InChI is InChI=1S/C21H20N4O6S2/c1-11(26)16-18(27)24-17(20(28)31-9-12-2-4-13(5-3-12)25(29)30)21(33-19(16)24)32-15-6-7-23-10-22-8-14(15)23/h2-5,8,10-11,15-16,19,26H,6-7,9H2,1H3/t11?,15?,16-,19-/m0/s1. The van der Waals surface area contributed by atoms with Gasteiger partial charge in [0, 0.05) is 24.9 Å². The number of rotatable bonds is 7. The van der Waals surface area contributed by atoms with Crippen LogP contribution in [0.4, 0.5) is 5.69 Å². The van der Waals surface area contributed by atoms with E-state index in [0.29, 0.717) is 9.80 Å².